The Morgan fingerprint density at radius 2 is 2.05 bits per heavy atom. The number of carbonyl (C=O) groups is 1. The van der Waals surface area contributed by atoms with Crippen LogP contribution in [0.5, 0.6) is 0 Å². The number of fused-ring (bicyclic) bond motifs is 1. The van der Waals surface area contributed by atoms with Gasteiger partial charge in [0.05, 0.1) is 16.7 Å². The van der Waals surface area contributed by atoms with E-state index in [0.717, 1.165) is 30.0 Å². The van der Waals surface area contributed by atoms with E-state index in [0.29, 0.717) is 0 Å². The fraction of sp³-hybridized carbons (Fsp3) is 0.353. The van der Waals surface area contributed by atoms with E-state index >= 15 is 0 Å². The molecule has 0 unspecified atom stereocenters. The van der Waals surface area contributed by atoms with Gasteiger partial charge in [0.1, 0.15) is 0 Å². The van der Waals surface area contributed by atoms with Crippen molar-refractivity contribution in [3.05, 3.63) is 52.7 Å². The Hall–Kier alpha value is -1.68. The van der Waals surface area contributed by atoms with Crippen LogP contribution < -0.4 is 0 Å². The maximum Gasteiger partial charge on any atom is 0.336 e. The lowest BCUT2D eigenvalue weighted by atomic mass is 10.1. The molecule has 0 radical (unpaired) electrons. The van der Waals surface area contributed by atoms with Crippen LogP contribution in [0.25, 0.3) is 4.91 Å². The predicted octanol–water partition coefficient (Wildman–Crippen LogP) is 3.99. The molecule has 4 heteroatoms. The molecule has 0 bridgehead atoms. The van der Waals surface area contributed by atoms with Crippen LogP contribution in [-0.2, 0) is 9.53 Å². The van der Waals surface area contributed by atoms with Crippen molar-refractivity contribution in [2.75, 3.05) is 6.54 Å². The summed E-state index contributed by atoms with van der Waals surface area (Å²) in [5.74, 6) is -0.167. The van der Waals surface area contributed by atoms with Crippen molar-refractivity contribution in [2.24, 2.45) is 0 Å². The summed E-state index contributed by atoms with van der Waals surface area (Å²) in [6.45, 7) is 4.75. The Morgan fingerprint density at radius 3 is 2.76 bits per heavy atom. The van der Waals surface area contributed by atoms with E-state index in [2.05, 4.69) is 23.2 Å². The van der Waals surface area contributed by atoms with Crippen LogP contribution in [0.1, 0.15) is 32.3 Å². The first-order chi connectivity index (χ1) is 10.1. The van der Waals surface area contributed by atoms with E-state index in [1.807, 2.05) is 32.0 Å². The van der Waals surface area contributed by atoms with Crippen molar-refractivity contribution in [1.82, 2.24) is 4.90 Å². The summed E-state index contributed by atoms with van der Waals surface area (Å²) in [5.41, 5.74) is 2.02. The third kappa shape index (κ3) is 3.00. The van der Waals surface area contributed by atoms with Gasteiger partial charge >= 0.3 is 5.97 Å². The first-order valence-corrected chi connectivity index (χ1v) is 8.12. The molecule has 2 aliphatic heterocycles. The molecule has 110 valence electrons. The molecule has 0 aromatic heterocycles. The lowest BCUT2D eigenvalue weighted by molar-refractivity contribution is -0.143. The second-order valence-electron chi connectivity index (χ2n) is 5.50. The van der Waals surface area contributed by atoms with Gasteiger partial charge in [-0.25, -0.2) is 4.79 Å². The fourth-order valence-electron chi connectivity index (χ4n) is 2.53. The van der Waals surface area contributed by atoms with E-state index in [1.165, 1.54) is 10.5 Å². The van der Waals surface area contributed by atoms with Gasteiger partial charge in [0.2, 0.25) is 0 Å². The Labute approximate surface area is 129 Å². The molecular weight excluding hydrogens is 282 g/mol. The molecular formula is C17H19NO2S. The van der Waals surface area contributed by atoms with E-state index < -0.39 is 0 Å². The summed E-state index contributed by atoms with van der Waals surface area (Å²) < 4.78 is 5.38. The molecule has 0 saturated heterocycles. The molecule has 3 nitrogen and oxygen atoms in total. The molecule has 3 rings (SSSR count). The molecule has 0 atom stereocenters. The lowest BCUT2D eigenvalue weighted by Gasteiger charge is -2.25. The molecule has 0 saturated carbocycles. The third-order valence-electron chi connectivity index (χ3n) is 3.47. The molecule has 1 aromatic carbocycles. The molecule has 0 spiro atoms. The Morgan fingerprint density at radius 1 is 1.29 bits per heavy atom. The van der Waals surface area contributed by atoms with Crippen molar-refractivity contribution in [1.29, 1.82) is 0 Å². The van der Waals surface area contributed by atoms with Gasteiger partial charge in [0, 0.05) is 17.6 Å². The summed E-state index contributed by atoms with van der Waals surface area (Å²) in [6, 6.07) is 10.3. The highest BCUT2D eigenvalue weighted by Crippen LogP contribution is 2.46. The summed E-state index contributed by atoms with van der Waals surface area (Å²) in [5, 5.41) is 1.05. The summed E-state index contributed by atoms with van der Waals surface area (Å²) in [7, 11) is 0. The van der Waals surface area contributed by atoms with E-state index in [-0.39, 0.29) is 12.1 Å². The SMILES string of the molecule is CC(C)OC(=O)C1=C2SC(c3ccccc3)=CN2CCC1. The molecule has 0 fully saturated rings. The molecule has 2 heterocycles. The normalized spacial score (nSPS) is 17.9. The smallest absolute Gasteiger partial charge is 0.336 e. The van der Waals surface area contributed by atoms with Gasteiger partial charge in [-0.1, -0.05) is 42.1 Å². The lowest BCUT2D eigenvalue weighted by Crippen LogP contribution is -2.25. The number of rotatable bonds is 3. The first kappa shape index (κ1) is 14.3. The zero-order valence-corrected chi connectivity index (χ0v) is 13.2. The van der Waals surface area contributed by atoms with Crippen molar-refractivity contribution >= 4 is 22.6 Å². The van der Waals surface area contributed by atoms with Gasteiger partial charge in [0.15, 0.2) is 0 Å². The second-order valence-corrected chi connectivity index (χ2v) is 6.53. The van der Waals surface area contributed by atoms with Crippen molar-refractivity contribution < 1.29 is 9.53 Å². The second kappa shape index (κ2) is 5.98. The number of ether oxygens (including phenoxy) is 1. The van der Waals surface area contributed by atoms with Crippen LogP contribution in [0.4, 0.5) is 0 Å². The Bertz CT molecular complexity index is 604. The molecule has 0 amide bonds. The van der Waals surface area contributed by atoms with Crippen LogP contribution >= 0.6 is 11.8 Å². The van der Waals surface area contributed by atoms with Crippen molar-refractivity contribution in [3.63, 3.8) is 0 Å². The zero-order chi connectivity index (χ0) is 14.8. The zero-order valence-electron chi connectivity index (χ0n) is 12.3. The highest BCUT2D eigenvalue weighted by Gasteiger charge is 2.30. The van der Waals surface area contributed by atoms with Gasteiger partial charge in [-0.15, -0.1) is 0 Å². The van der Waals surface area contributed by atoms with Gasteiger partial charge < -0.3 is 9.64 Å². The number of hydrogen-bond donors (Lipinski definition) is 0. The van der Waals surface area contributed by atoms with Gasteiger partial charge in [-0.2, -0.15) is 0 Å². The van der Waals surface area contributed by atoms with Crippen LogP contribution in [0, 0.1) is 0 Å². The number of benzene rings is 1. The molecule has 0 N–H and O–H groups in total. The highest BCUT2D eigenvalue weighted by molar-refractivity contribution is 8.12. The predicted molar refractivity (Wildman–Crippen MR) is 86.2 cm³/mol. The number of esters is 1. The average Bonchev–Trinajstić information content (AvgIpc) is 2.91. The minimum absolute atomic E-state index is 0.0751. The van der Waals surface area contributed by atoms with E-state index in [4.69, 9.17) is 4.74 Å². The standard InChI is InChI=1S/C17H19NO2S/c1-12(2)20-17(19)14-9-6-10-18-11-15(21-16(14)18)13-7-4-3-5-8-13/h3-5,7-8,11-12H,6,9-10H2,1-2H3. The van der Waals surface area contributed by atoms with Crippen LogP contribution in [0.2, 0.25) is 0 Å². The van der Waals surface area contributed by atoms with Crippen LogP contribution in [-0.4, -0.2) is 23.5 Å². The minimum atomic E-state index is -0.167. The molecule has 1 aromatic rings. The quantitative estimate of drug-likeness (QED) is 0.790. The number of nitrogens with zero attached hydrogens (tertiary/aromatic N) is 1. The van der Waals surface area contributed by atoms with Gasteiger partial charge in [-0.05, 0) is 32.3 Å². The largest absolute Gasteiger partial charge is 0.460 e. The maximum absolute atomic E-state index is 12.3. The van der Waals surface area contributed by atoms with E-state index in [1.54, 1.807) is 11.8 Å². The topological polar surface area (TPSA) is 29.5 Å². The maximum atomic E-state index is 12.3. The van der Waals surface area contributed by atoms with Crippen molar-refractivity contribution in [3.8, 4) is 0 Å². The average molecular weight is 301 g/mol. The fourth-order valence-corrected chi connectivity index (χ4v) is 3.75. The minimum Gasteiger partial charge on any atom is -0.460 e. The third-order valence-corrected chi connectivity index (χ3v) is 4.71. The summed E-state index contributed by atoms with van der Waals surface area (Å²) >= 11 is 1.68. The van der Waals surface area contributed by atoms with Gasteiger partial charge in [-0.3, -0.25) is 0 Å². The number of hydrogen-bond acceptors (Lipinski definition) is 4. The molecule has 2 aliphatic rings. The monoisotopic (exact) mass is 301 g/mol. The highest BCUT2D eigenvalue weighted by atomic mass is 32.2. The van der Waals surface area contributed by atoms with Crippen molar-refractivity contribution in [2.45, 2.75) is 32.8 Å². The number of thioether (sulfide) groups is 1. The first-order valence-electron chi connectivity index (χ1n) is 7.31. The molecule has 21 heavy (non-hydrogen) atoms. The van der Waals surface area contributed by atoms with Crippen LogP contribution in [0.15, 0.2) is 47.1 Å². The Balaban J connectivity index is 1.87. The number of carbonyl (C=O) groups excluding carboxylic acids is 1. The van der Waals surface area contributed by atoms with E-state index in [9.17, 15) is 4.79 Å². The summed E-state index contributed by atoms with van der Waals surface area (Å²) in [6.07, 6.45) is 3.87. The van der Waals surface area contributed by atoms with Gasteiger partial charge in [0.25, 0.3) is 0 Å². The Kier molecular flexibility index (Phi) is 4.06. The molecule has 0 aliphatic carbocycles. The summed E-state index contributed by atoms with van der Waals surface area (Å²) in [4.78, 5) is 15.6. The van der Waals surface area contributed by atoms with Crippen LogP contribution in [0.3, 0.4) is 0 Å².